The largest absolute Gasteiger partial charge is 0.481 e. The van der Waals surface area contributed by atoms with Crippen molar-refractivity contribution in [2.45, 2.75) is 176 Å². The molecule has 0 spiro atoms. The number of hydrogen-bond acceptors (Lipinski definition) is 7. The lowest BCUT2D eigenvalue weighted by Gasteiger charge is -2.27. The highest BCUT2D eigenvalue weighted by Crippen LogP contribution is 2.16. The van der Waals surface area contributed by atoms with E-state index in [-0.39, 0.29) is 49.9 Å². The molecular weight excluding hydrogens is 644 g/mol. The van der Waals surface area contributed by atoms with Gasteiger partial charge < -0.3 is 36.6 Å². The maximum atomic E-state index is 13.5. The van der Waals surface area contributed by atoms with E-state index in [2.05, 4.69) is 35.1 Å². The topological polar surface area (TPSA) is 211 Å². The Morgan fingerprint density at radius 3 is 1.44 bits per heavy atom. The van der Waals surface area contributed by atoms with Crippen LogP contribution in [0.1, 0.15) is 145 Å². The number of amides is 4. The number of nitrogens with one attached hydrogen (secondary N) is 4. The van der Waals surface area contributed by atoms with Crippen LogP contribution in [0.5, 0.6) is 0 Å². The molecule has 0 aliphatic carbocycles. The number of aliphatic carboxylic acids is 2. The van der Waals surface area contributed by atoms with Gasteiger partial charge in [0.1, 0.15) is 24.2 Å². The van der Waals surface area contributed by atoms with Crippen molar-refractivity contribution < 1.29 is 44.1 Å². The van der Waals surface area contributed by atoms with E-state index < -0.39 is 72.3 Å². The van der Waals surface area contributed by atoms with E-state index in [1.54, 1.807) is 0 Å². The zero-order valence-corrected chi connectivity index (χ0v) is 31.9. The van der Waals surface area contributed by atoms with Crippen molar-refractivity contribution in [1.82, 2.24) is 21.3 Å². The predicted octanol–water partition coefficient (Wildman–Crippen LogP) is 4.54. The summed E-state index contributed by atoms with van der Waals surface area (Å²) in [4.78, 5) is 76.2. The smallest absolute Gasteiger partial charge is 0.326 e. The fourth-order valence-electron chi connectivity index (χ4n) is 5.63. The van der Waals surface area contributed by atoms with Crippen LogP contribution in [0.25, 0.3) is 0 Å². The number of aliphatic hydroxyl groups is 1. The Morgan fingerprint density at radius 1 is 0.540 bits per heavy atom. The summed E-state index contributed by atoms with van der Waals surface area (Å²) in [6.07, 6.45) is 6.82. The van der Waals surface area contributed by atoms with Crippen LogP contribution < -0.4 is 21.3 Å². The molecule has 4 amide bonds. The maximum Gasteiger partial charge on any atom is 0.326 e. The van der Waals surface area contributed by atoms with Crippen molar-refractivity contribution in [2.24, 2.45) is 23.7 Å². The molecule has 0 unspecified atom stereocenters. The number of carboxylic acid groups (broad SMARTS) is 2. The number of unbranched alkanes of at least 4 members (excludes halogenated alkanes) is 4. The molecule has 13 nitrogen and oxygen atoms in total. The van der Waals surface area contributed by atoms with Crippen molar-refractivity contribution in [3.8, 4) is 0 Å². The predicted molar refractivity (Wildman–Crippen MR) is 193 cm³/mol. The summed E-state index contributed by atoms with van der Waals surface area (Å²) in [5, 5.41) is 39.7. The molecule has 13 heteroatoms. The van der Waals surface area contributed by atoms with Crippen LogP contribution in [0.4, 0.5) is 0 Å². The molecule has 0 saturated heterocycles. The molecule has 0 aromatic rings. The van der Waals surface area contributed by atoms with Gasteiger partial charge in [-0.3, -0.25) is 24.0 Å². The second kappa shape index (κ2) is 25.7. The van der Waals surface area contributed by atoms with Crippen molar-refractivity contribution in [2.75, 3.05) is 0 Å². The van der Waals surface area contributed by atoms with Crippen molar-refractivity contribution in [3.05, 3.63) is 0 Å². The van der Waals surface area contributed by atoms with E-state index in [0.717, 1.165) is 31.6 Å². The SMILES string of the molecule is CC[C@@H](C)CCCCCCC[C@@H](O)CC(=O)N[C@@H](CC(C)C)C(=O)N[C@@H](CCC(=O)O)C(=O)N[C@@H](CC(C)C)C(=O)N[C@@H](CC(C)C)C(=O)O. The van der Waals surface area contributed by atoms with E-state index >= 15 is 0 Å². The fraction of sp³-hybridized carbons (Fsp3) is 0.838. The van der Waals surface area contributed by atoms with Crippen LogP contribution >= 0.6 is 0 Å². The normalized spacial score (nSPS) is 15.1. The minimum Gasteiger partial charge on any atom is -0.481 e. The quantitative estimate of drug-likeness (QED) is 0.0567. The zero-order chi connectivity index (χ0) is 38.4. The van der Waals surface area contributed by atoms with Crippen molar-refractivity contribution in [1.29, 1.82) is 0 Å². The summed E-state index contributed by atoms with van der Waals surface area (Å²) in [6.45, 7) is 15.5. The van der Waals surface area contributed by atoms with Gasteiger partial charge in [0, 0.05) is 6.42 Å². The zero-order valence-electron chi connectivity index (χ0n) is 31.9. The average Bonchev–Trinajstić information content (AvgIpc) is 3.00. The van der Waals surface area contributed by atoms with E-state index in [0.29, 0.717) is 6.42 Å². The molecule has 0 aliphatic rings. The Kier molecular flexibility index (Phi) is 24.0. The first-order valence-electron chi connectivity index (χ1n) is 18.7. The molecule has 0 aromatic heterocycles. The van der Waals surface area contributed by atoms with Gasteiger partial charge in [-0.05, 0) is 55.8 Å². The third-order valence-electron chi connectivity index (χ3n) is 8.65. The van der Waals surface area contributed by atoms with Crippen LogP contribution in [0, 0.1) is 23.7 Å². The van der Waals surface area contributed by atoms with E-state index in [4.69, 9.17) is 0 Å². The maximum absolute atomic E-state index is 13.5. The van der Waals surface area contributed by atoms with Gasteiger partial charge in [0.2, 0.25) is 23.6 Å². The number of carbonyl (C=O) groups is 6. The van der Waals surface area contributed by atoms with E-state index in [9.17, 15) is 44.1 Å². The van der Waals surface area contributed by atoms with Gasteiger partial charge in [0.05, 0.1) is 12.5 Å². The number of carboxylic acids is 2. The number of carbonyl (C=O) groups excluding carboxylic acids is 4. The van der Waals surface area contributed by atoms with Crippen LogP contribution in [-0.2, 0) is 28.8 Å². The lowest BCUT2D eigenvalue weighted by molar-refractivity contribution is -0.143. The third kappa shape index (κ3) is 22.5. The summed E-state index contributed by atoms with van der Waals surface area (Å²) < 4.78 is 0. The molecule has 290 valence electrons. The second-order valence-electron chi connectivity index (χ2n) is 15.2. The molecule has 0 bridgehead atoms. The second-order valence-corrected chi connectivity index (χ2v) is 15.2. The summed E-state index contributed by atoms with van der Waals surface area (Å²) in [6, 6.07) is -4.71. The molecular formula is C37H68N4O9. The molecule has 6 atom stereocenters. The van der Waals surface area contributed by atoms with Crippen molar-refractivity contribution >= 4 is 35.6 Å². The Bertz CT molecular complexity index is 1050. The van der Waals surface area contributed by atoms with Crippen LogP contribution in [0.2, 0.25) is 0 Å². The monoisotopic (exact) mass is 712 g/mol. The van der Waals surface area contributed by atoms with Gasteiger partial charge in [0.25, 0.3) is 0 Å². The van der Waals surface area contributed by atoms with Gasteiger partial charge in [-0.2, -0.15) is 0 Å². The number of rotatable bonds is 28. The lowest BCUT2D eigenvalue weighted by Crippen LogP contribution is -2.58. The van der Waals surface area contributed by atoms with Gasteiger partial charge in [0.15, 0.2) is 0 Å². The third-order valence-corrected chi connectivity index (χ3v) is 8.65. The molecule has 0 rings (SSSR count). The van der Waals surface area contributed by atoms with Gasteiger partial charge >= 0.3 is 11.9 Å². The highest BCUT2D eigenvalue weighted by molar-refractivity contribution is 5.95. The number of hydrogen-bond donors (Lipinski definition) is 7. The first-order valence-corrected chi connectivity index (χ1v) is 18.7. The standard InChI is InChI=1S/C37H68N4O9/c1-9-26(8)15-13-11-10-12-14-16-27(42)22-32(43)38-29(19-23(2)3)35(47)39-28(17-18-33(44)45)34(46)40-30(20-24(4)5)36(48)41-31(37(49)50)21-25(6)7/h23-31,42H,9-22H2,1-8H3,(H,38,43)(H,39,47)(H,40,46)(H,41,48)(H,44,45)(H,49,50)/t26-,27-,28+,29+,30+,31+/m1/s1. The van der Waals surface area contributed by atoms with Gasteiger partial charge in [-0.15, -0.1) is 0 Å². The summed E-state index contributed by atoms with van der Waals surface area (Å²) >= 11 is 0. The number of aliphatic hydroxyl groups excluding tert-OH is 1. The summed E-state index contributed by atoms with van der Waals surface area (Å²) in [7, 11) is 0. The minimum absolute atomic E-state index is 0.0215. The van der Waals surface area contributed by atoms with Crippen LogP contribution in [0.3, 0.4) is 0 Å². The average molecular weight is 713 g/mol. The highest BCUT2D eigenvalue weighted by Gasteiger charge is 2.32. The Hall–Kier alpha value is -3.22. The Morgan fingerprint density at radius 2 is 0.960 bits per heavy atom. The minimum atomic E-state index is -1.35. The highest BCUT2D eigenvalue weighted by atomic mass is 16.4. The Balaban J connectivity index is 5.55. The van der Waals surface area contributed by atoms with E-state index in [1.807, 2.05) is 41.5 Å². The fourth-order valence-corrected chi connectivity index (χ4v) is 5.63. The molecule has 0 radical (unpaired) electrons. The molecule has 0 heterocycles. The van der Waals surface area contributed by atoms with E-state index in [1.165, 1.54) is 19.3 Å². The first kappa shape index (κ1) is 46.8. The van der Waals surface area contributed by atoms with Crippen LogP contribution in [-0.4, -0.2) is 81.2 Å². The van der Waals surface area contributed by atoms with Gasteiger partial charge in [-0.1, -0.05) is 100 Å². The molecule has 0 aromatic carbocycles. The first-order chi connectivity index (χ1) is 23.4. The van der Waals surface area contributed by atoms with Crippen molar-refractivity contribution in [3.63, 3.8) is 0 Å². The summed E-state index contributed by atoms with van der Waals surface area (Å²) in [5.41, 5.74) is 0. The molecule has 0 fully saturated rings. The van der Waals surface area contributed by atoms with Crippen LogP contribution in [0.15, 0.2) is 0 Å². The Labute approximate surface area is 299 Å². The summed E-state index contributed by atoms with van der Waals surface area (Å²) in [5.74, 6) is -4.51. The van der Waals surface area contributed by atoms with Gasteiger partial charge in [-0.25, -0.2) is 4.79 Å². The molecule has 0 aliphatic heterocycles. The molecule has 7 N–H and O–H groups in total. The lowest BCUT2D eigenvalue weighted by atomic mass is 9.99. The molecule has 0 saturated carbocycles. The molecule has 50 heavy (non-hydrogen) atoms.